The van der Waals surface area contributed by atoms with Crippen molar-refractivity contribution in [2.75, 3.05) is 11.9 Å². The van der Waals surface area contributed by atoms with Gasteiger partial charge in [0.05, 0.1) is 0 Å². The number of H-pyrrole nitrogens is 1. The molecule has 1 aromatic heterocycles. The summed E-state index contributed by atoms with van der Waals surface area (Å²) in [6.07, 6.45) is 2.51. The highest BCUT2D eigenvalue weighted by Crippen LogP contribution is 2.17. The van der Waals surface area contributed by atoms with Gasteiger partial charge in [-0.2, -0.15) is 0 Å². The molecule has 0 atom stereocenters. The van der Waals surface area contributed by atoms with Crippen LogP contribution in [0, 0.1) is 0 Å². The Bertz CT molecular complexity index is 824. The number of nitrogens with one attached hydrogen (secondary N) is 3. The van der Waals surface area contributed by atoms with Crippen molar-refractivity contribution in [2.45, 2.75) is 6.42 Å². The van der Waals surface area contributed by atoms with Crippen LogP contribution in [0.3, 0.4) is 0 Å². The number of anilines is 1. The van der Waals surface area contributed by atoms with Crippen LogP contribution in [0.15, 0.2) is 60.8 Å². The Hall–Kier alpha value is -3.08. The van der Waals surface area contributed by atoms with E-state index in [1.165, 1.54) is 0 Å². The number of carbonyl (C=O) groups is 2. The zero-order valence-corrected chi connectivity index (χ0v) is 12.5. The van der Waals surface area contributed by atoms with E-state index in [0.717, 1.165) is 16.5 Å². The van der Waals surface area contributed by atoms with E-state index in [0.29, 0.717) is 18.7 Å². The second kappa shape index (κ2) is 6.79. The molecule has 23 heavy (non-hydrogen) atoms. The predicted molar refractivity (Wildman–Crippen MR) is 90.1 cm³/mol. The van der Waals surface area contributed by atoms with Crippen LogP contribution in [0.1, 0.15) is 5.56 Å². The molecular weight excluding hydrogens is 290 g/mol. The van der Waals surface area contributed by atoms with Crippen molar-refractivity contribution < 1.29 is 9.59 Å². The molecule has 0 saturated carbocycles. The van der Waals surface area contributed by atoms with Crippen LogP contribution in [0.25, 0.3) is 10.9 Å². The van der Waals surface area contributed by atoms with Crippen molar-refractivity contribution in [3.63, 3.8) is 0 Å². The van der Waals surface area contributed by atoms with Crippen LogP contribution in [-0.4, -0.2) is 23.3 Å². The van der Waals surface area contributed by atoms with Gasteiger partial charge < -0.3 is 15.6 Å². The SMILES string of the molecule is O=C(NCCc1ccccc1)C(=O)Nc1ccc2cc[nH]c2c1. The fraction of sp³-hybridized carbons (Fsp3) is 0.111. The summed E-state index contributed by atoms with van der Waals surface area (Å²) in [5.74, 6) is -1.29. The lowest BCUT2D eigenvalue weighted by atomic mass is 10.1. The maximum absolute atomic E-state index is 11.9. The summed E-state index contributed by atoms with van der Waals surface area (Å²) in [5.41, 5.74) is 2.61. The molecule has 0 fully saturated rings. The maximum atomic E-state index is 11.9. The number of hydrogen-bond acceptors (Lipinski definition) is 2. The largest absolute Gasteiger partial charge is 0.361 e. The highest BCUT2D eigenvalue weighted by Gasteiger charge is 2.13. The number of fused-ring (bicyclic) bond motifs is 1. The molecule has 2 aromatic carbocycles. The molecule has 1 heterocycles. The van der Waals surface area contributed by atoms with Crippen LogP contribution in [0.2, 0.25) is 0 Å². The molecule has 0 aliphatic rings. The Labute approximate surface area is 133 Å². The van der Waals surface area contributed by atoms with Crippen molar-refractivity contribution in [1.29, 1.82) is 0 Å². The highest BCUT2D eigenvalue weighted by atomic mass is 16.2. The molecule has 0 bridgehead atoms. The Kier molecular flexibility index (Phi) is 4.38. The smallest absolute Gasteiger partial charge is 0.313 e. The number of aromatic amines is 1. The van der Waals surface area contributed by atoms with Crippen molar-refractivity contribution in [1.82, 2.24) is 10.3 Å². The van der Waals surface area contributed by atoms with Gasteiger partial charge in [0.1, 0.15) is 0 Å². The molecule has 0 spiro atoms. The first kappa shape index (κ1) is 14.8. The summed E-state index contributed by atoms with van der Waals surface area (Å²) in [6.45, 7) is 0.423. The van der Waals surface area contributed by atoms with Crippen LogP contribution in [0.4, 0.5) is 5.69 Å². The van der Waals surface area contributed by atoms with E-state index in [1.807, 2.05) is 48.7 Å². The maximum Gasteiger partial charge on any atom is 0.313 e. The monoisotopic (exact) mass is 307 g/mol. The summed E-state index contributed by atoms with van der Waals surface area (Å²) in [7, 11) is 0. The molecule has 5 heteroatoms. The van der Waals surface area contributed by atoms with Gasteiger partial charge in [0, 0.05) is 23.9 Å². The molecule has 116 valence electrons. The Balaban J connectivity index is 1.52. The van der Waals surface area contributed by atoms with Crippen LogP contribution < -0.4 is 10.6 Å². The third-order valence-electron chi connectivity index (χ3n) is 3.56. The third-order valence-corrected chi connectivity index (χ3v) is 3.56. The van der Waals surface area contributed by atoms with Crippen molar-refractivity contribution in [2.24, 2.45) is 0 Å². The van der Waals surface area contributed by atoms with E-state index in [2.05, 4.69) is 15.6 Å². The van der Waals surface area contributed by atoms with Gasteiger partial charge in [-0.05, 0) is 35.6 Å². The lowest BCUT2D eigenvalue weighted by Crippen LogP contribution is -2.36. The number of rotatable bonds is 4. The van der Waals surface area contributed by atoms with Gasteiger partial charge in [-0.15, -0.1) is 0 Å². The first-order valence-electron chi connectivity index (χ1n) is 7.42. The molecule has 5 nitrogen and oxygen atoms in total. The van der Waals surface area contributed by atoms with Gasteiger partial charge in [0.25, 0.3) is 0 Å². The standard InChI is InChI=1S/C18H17N3O2/c22-17(20-10-8-13-4-2-1-3-5-13)18(23)21-15-7-6-14-9-11-19-16(14)12-15/h1-7,9,11-12,19H,8,10H2,(H,20,22)(H,21,23). The summed E-state index contributed by atoms with van der Waals surface area (Å²) in [4.78, 5) is 26.8. The summed E-state index contributed by atoms with van der Waals surface area (Å²) >= 11 is 0. The van der Waals surface area contributed by atoms with Crippen molar-refractivity contribution in [3.8, 4) is 0 Å². The highest BCUT2D eigenvalue weighted by molar-refractivity contribution is 6.39. The minimum atomic E-state index is -0.663. The molecule has 0 saturated heterocycles. The van der Waals surface area contributed by atoms with E-state index in [9.17, 15) is 9.59 Å². The van der Waals surface area contributed by atoms with E-state index >= 15 is 0 Å². The zero-order valence-electron chi connectivity index (χ0n) is 12.5. The Morgan fingerprint density at radius 1 is 0.957 bits per heavy atom. The number of carbonyl (C=O) groups excluding carboxylic acids is 2. The topological polar surface area (TPSA) is 74.0 Å². The molecule has 3 aromatic rings. The van der Waals surface area contributed by atoms with E-state index in [4.69, 9.17) is 0 Å². The third kappa shape index (κ3) is 3.77. The molecule has 2 amide bonds. The second-order valence-electron chi connectivity index (χ2n) is 5.23. The number of aromatic nitrogens is 1. The van der Waals surface area contributed by atoms with Crippen LogP contribution in [0.5, 0.6) is 0 Å². The molecule has 3 N–H and O–H groups in total. The molecule has 0 radical (unpaired) electrons. The van der Waals surface area contributed by atoms with Gasteiger partial charge in [-0.1, -0.05) is 36.4 Å². The van der Waals surface area contributed by atoms with Crippen molar-refractivity contribution >= 4 is 28.4 Å². The summed E-state index contributed by atoms with van der Waals surface area (Å²) in [6, 6.07) is 17.2. The van der Waals surface area contributed by atoms with E-state index in [-0.39, 0.29) is 0 Å². The summed E-state index contributed by atoms with van der Waals surface area (Å²) in [5, 5.41) is 6.28. The lowest BCUT2D eigenvalue weighted by Gasteiger charge is -2.07. The van der Waals surface area contributed by atoms with E-state index < -0.39 is 11.8 Å². The quantitative estimate of drug-likeness (QED) is 0.648. The van der Waals surface area contributed by atoms with Gasteiger partial charge >= 0.3 is 11.8 Å². The molecule has 0 unspecified atom stereocenters. The van der Waals surface area contributed by atoms with Crippen molar-refractivity contribution in [3.05, 3.63) is 66.4 Å². The molecule has 0 aliphatic heterocycles. The molecular formula is C18H17N3O2. The fourth-order valence-electron chi connectivity index (χ4n) is 2.36. The molecule has 3 rings (SSSR count). The van der Waals surface area contributed by atoms with Crippen LogP contribution >= 0.6 is 0 Å². The number of amides is 2. The average Bonchev–Trinajstić information content (AvgIpc) is 3.03. The number of benzene rings is 2. The zero-order chi connectivity index (χ0) is 16.1. The van der Waals surface area contributed by atoms with Gasteiger partial charge in [-0.25, -0.2) is 0 Å². The predicted octanol–water partition coefficient (Wildman–Crippen LogP) is 2.47. The Morgan fingerprint density at radius 3 is 2.61 bits per heavy atom. The minimum Gasteiger partial charge on any atom is -0.361 e. The number of hydrogen-bond donors (Lipinski definition) is 3. The van der Waals surface area contributed by atoms with Gasteiger partial charge in [0.15, 0.2) is 0 Å². The Morgan fingerprint density at radius 2 is 1.78 bits per heavy atom. The summed E-state index contributed by atoms with van der Waals surface area (Å²) < 4.78 is 0. The lowest BCUT2D eigenvalue weighted by molar-refractivity contribution is -0.136. The molecule has 0 aliphatic carbocycles. The fourth-order valence-corrected chi connectivity index (χ4v) is 2.36. The van der Waals surface area contributed by atoms with Gasteiger partial charge in [-0.3, -0.25) is 9.59 Å². The first-order valence-corrected chi connectivity index (χ1v) is 7.42. The second-order valence-corrected chi connectivity index (χ2v) is 5.23. The first-order chi connectivity index (χ1) is 11.2. The van der Waals surface area contributed by atoms with E-state index in [1.54, 1.807) is 12.1 Å². The van der Waals surface area contributed by atoms with Gasteiger partial charge in [0.2, 0.25) is 0 Å². The average molecular weight is 307 g/mol. The minimum absolute atomic E-state index is 0.423. The normalized spacial score (nSPS) is 10.4. The van der Waals surface area contributed by atoms with Crippen LogP contribution in [-0.2, 0) is 16.0 Å².